The Bertz CT molecular complexity index is 566. The monoisotopic (exact) mass is 375 g/mol. The van der Waals surface area contributed by atoms with Gasteiger partial charge in [0, 0.05) is 12.3 Å². The van der Waals surface area contributed by atoms with E-state index in [1.54, 1.807) is 6.92 Å². The predicted octanol–water partition coefficient (Wildman–Crippen LogP) is 4.97. The summed E-state index contributed by atoms with van der Waals surface area (Å²) in [5.41, 5.74) is 1.82. The molecule has 1 rings (SSSR count). The van der Waals surface area contributed by atoms with Gasteiger partial charge in [-0.25, -0.2) is 4.79 Å². The highest BCUT2D eigenvalue weighted by Gasteiger charge is 2.31. The van der Waals surface area contributed by atoms with E-state index in [0.29, 0.717) is 24.9 Å². The Hall–Kier alpha value is -1.84. The fourth-order valence-corrected chi connectivity index (χ4v) is 3.59. The third-order valence-electron chi connectivity index (χ3n) is 5.44. The van der Waals surface area contributed by atoms with E-state index in [9.17, 15) is 9.59 Å². The topological polar surface area (TPSA) is 55.4 Å². The Morgan fingerprint density at radius 3 is 2.33 bits per heavy atom. The summed E-state index contributed by atoms with van der Waals surface area (Å²) < 4.78 is 5.20. The predicted molar refractivity (Wildman–Crippen MR) is 111 cm³/mol. The second-order valence-electron chi connectivity index (χ2n) is 7.87. The summed E-state index contributed by atoms with van der Waals surface area (Å²) in [6.07, 6.45) is 10.1. The van der Waals surface area contributed by atoms with E-state index in [1.165, 1.54) is 0 Å². The van der Waals surface area contributed by atoms with Crippen LogP contribution in [-0.2, 0) is 14.3 Å². The molecule has 4 nitrogen and oxygen atoms in total. The highest BCUT2D eigenvalue weighted by Crippen LogP contribution is 2.33. The summed E-state index contributed by atoms with van der Waals surface area (Å²) in [6.45, 7) is 14.4. The van der Waals surface area contributed by atoms with Crippen molar-refractivity contribution < 1.29 is 14.3 Å². The number of nitrogens with one attached hydrogen (secondary N) is 1. The van der Waals surface area contributed by atoms with E-state index in [-0.39, 0.29) is 17.8 Å². The summed E-state index contributed by atoms with van der Waals surface area (Å²) >= 11 is 0. The SMILES string of the molecule is C=C(C)/C(=C\C=C/C)C[C@@H](NC(=O)C1CCC(C(C)C)CC1)C(=O)OCC. The lowest BCUT2D eigenvalue weighted by atomic mass is 9.76. The van der Waals surface area contributed by atoms with E-state index in [1.807, 2.05) is 32.1 Å². The molecule has 0 spiro atoms. The molecule has 1 N–H and O–H groups in total. The van der Waals surface area contributed by atoms with E-state index >= 15 is 0 Å². The van der Waals surface area contributed by atoms with Gasteiger partial charge in [0.05, 0.1) is 6.61 Å². The van der Waals surface area contributed by atoms with Crippen molar-refractivity contribution in [3.63, 3.8) is 0 Å². The first-order valence-electron chi connectivity index (χ1n) is 10.2. The van der Waals surface area contributed by atoms with Crippen LogP contribution in [0.25, 0.3) is 0 Å². The molecule has 0 radical (unpaired) electrons. The van der Waals surface area contributed by atoms with Crippen LogP contribution in [0.2, 0.25) is 0 Å². The van der Waals surface area contributed by atoms with Gasteiger partial charge >= 0.3 is 5.97 Å². The largest absolute Gasteiger partial charge is 0.464 e. The lowest BCUT2D eigenvalue weighted by Crippen LogP contribution is -2.45. The number of hydrogen-bond acceptors (Lipinski definition) is 3. The van der Waals surface area contributed by atoms with Crippen molar-refractivity contribution in [1.29, 1.82) is 0 Å². The molecule has 4 heteroatoms. The first kappa shape index (κ1) is 23.2. The summed E-state index contributed by atoms with van der Waals surface area (Å²) in [5.74, 6) is 0.950. The molecular weight excluding hydrogens is 338 g/mol. The van der Waals surface area contributed by atoms with Gasteiger partial charge in [0.1, 0.15) is 6.04 Å². The van der Waals surface area contributed by atoms with Crippen LogP contribution in [0.4, 0.5) is 0 Å². The zero-order valence-electron chi connectivity index (χ0n) is 17.7. The first-order chi connectivity index (χ1) is 12.8. The minimum atomic E-state index is -0.673. The van der Waals surface area contributed by atoms with Gasteiger partial charge in [-0.1, -0.05) is 44.2 Å². The zero-order valence-corrected chi connectivity index (χ0v) is 17.7. The standard InChI is InChI=1S/C23H37NO3/c1-7-9-10-20(17(5)6)15-21(23(26)27-8-2)24-22(25)19-13-11-18(12-14-19)16(3)4/h7,9-10,16,18-19,21H,5,8,11-15H2,1-4,6H3,(H,24,25)/b9-7-,20-10-/t18?,19?,21-/m1/s1. The average molecular weight is 376 g/mol. The molecule has 0 bridgehead atoms. The number of carbonyl (C=O) groups excluding carboxylic acids is 2. The van der Waals surface area contributed by atoms with Gasteiger partial charge in [0.25, 0.3) is 0 Å². The van der Waals surface area contributed by atoms with Crippen molar-refractivity contribution in [2.75, 3.05) is 6.61 Å². The minimum absolute atomic E-state index is 0.00952. The number of carbonyl (C=O) groups is 2. The fraction of sp³-hybridized carbons (Fsp3) is 0.652. The van der Waals surface area contributed by atoms with Crippen LogP contribution in [0.15, 0.2) is 36.0 Å². The van der Waals surface area contributed by atoms with Gasteiger partial charge in [0.15, 0.2) is 0 Å². The molecule has 0 aromatic heterocycles. The van der Waals surface area contributed by atoms with E-state index in [0.717, 1.165) is 36.8 Å². The molecule has 1 aliphatic carbocycles. The maximum atomic E-state index is 12.8. The second-order valence-corrected chi connectivity index (χ2v) is 7.87. The molecule has 27 heavy (non-hydrogen) atoms. The van der Waals surface area contributed by atoms with Crippen molar-refractivity contribution in [2.24, 2.45) is 17.8 Å². The molecule has 0 saturated heterocycles. The Kier molecular flexibility index (Phi) is 10.1. The maximum absolute atomic E-state index is 12.8. The van der Waals surface area contributed by atoms with Crippen molar-refractivity contribution in [2.45, 2.75) is 72.8 Å². The van der Waals surface area contributed by atoms with Gasteiger partial charge < -0.3 is 10.1 Å². The van der Waals surface area contributed by atoms with Crippen LogP contribution in [0.1, 0.15) is 66.7 Å². The van der Waals surface area contributed by atoms with Gasteiger partial charge in [-0.3, -0.25) is 4.79 Å². The number of allylic oxidation sites excluding steroid dienone is 4. The summed E-state index contributed by atoms with van der Waals surface area (Å²) in [4.78, 5) is 25.2. The lowest BCUT2D eigenvalue weighted by Gasteiger charge is -2.31. The second kappa shape index (κ2) is 11.8. The van der Waals surface area contributed by atoms with Crippen LogP contribution in [0, 0.1) is 17.8 Å². The molecule has 0 aromatic carbocycles. The molecule has 1 saturated carbocycles. The van der Waals surface area contributed by atoms with E-state index in [4.69, 9.17) is 4.74 Å². The van der Waals surface area contributed by atoms with Gasteiger partial charge in [-0.15, -0.1) is 0 Å². The Balaban J connectivity index is 2.81. The number of esters is 1. The molecule has 0 aromatic rings. The summed E-state index contributed by atoms with van der Waals surface area (Å²) in [6, 6.07) is -0.673. The van der Waals surface area contributed by atoms with Gasteiger partial charge in [0.2, 0.25) is 5.91 Å². The van der Waals surface area contributed by atoms with Gasteiger partial charge in [-0.2, -0.15) is 0 Å². The number of hydrogen-bond donors (Lipinski definition) is 1. The lowest BCUT2D eigenvalue weighted by molar-refractivity contribution is -0.148. The first-order valence-corrected chi connectivity index (χ1v) is 10.2. The maximum Gasteiger partial charge on any atom is 0.328 e. The molecule has 1 amide bonds. The number of ether oxygens (including phenoxy) is 1. The molecule has 0 aliphatic heterocycles. The Morgan fingerprint density at radius 2 is 1.85 bits per heavy atom. The third kappa shape index (κ3) is 7.74. The van der Waals surface area contributed by atoms with E-state index in [2.05, 4.69) is 25.7 Å². The Labute approximate surface area is 165 Å². The smallest absolute Gasteiger partial charge is 0.328 e. The molecule has 1 aliphatic rings. The summed E-state index contributed by atoms with van der Waals surface area (Å²) in [7, 11) is 0. The number of rotatable bonds is 9. The van der Waals surface area contributed by atoms with E-state index < -0.39 is 6.04 Å². The molecule has 1 atom stereocenters. The van der Waals surface area contributed by atoms with Gasteiger partial charge in [-0.05, 0) is 63.9 Å². The van der Waals surface area contributed by atoms with Crippen molar-refractivity contribution in [3.8, 4) is 0 Å². The van der Waals surface area contributed by atoms with Crippen LogP contribution >= 0.6 is 0 Å². The number of amides is 1. The molecular formula is C23H37NO3. The quantitative estimate of drug-likeness (QED) is 0.457. The third-order valence-corrected chi connectivity index (χ3v) is 5.44. The van der Waals surface area contributed by atoms with Crippen molar-refractivity contribution in [3.05, 3.63) is 36.0 Å². The van der Waals surface area contributed by atoms with Crippen LogP contribution in [0.3, 0.4) is 0 Å². The minimum Gasteiger partial charge on any atom is -0.464 e. The summed E-state index contributed by atoms with van der Waals surface area (Å²) in [5, 5.41) is 2.96. The fourth-order valence-electron chi connectivity index (χ4n) is 3.59. The van der Waals surface area contributed by atoms with Crippen molar-refractivity contribution in [1.82, 2.24) is 5.32 Å². The van der Waals surface area contributed by atoms with Crippen LogP contribution in [0.5, 0.6) is 0 Å². The highest BCUT2D eigenvalue weighted by molar-refractivity contribution is 5.86. The molecule has 0 unspecified atom stereocenters. The molecule has 1 fully saturated rings. The Morgan fingerprint density at radius 1 is 1.22 bits per heavy atom. The highest BCUT2D eigenvalue weighted by atomic mass is 16.5. The normalized spacial score (nSPS) is 21.9. The van der Waals surface area contributed by atoms with Crippen LogP contribution < -0.4 is 5.32 Å². The molecule has 152 valence electrons. The van der Waals surface area contributed by atoms with Crippen LogP contribution in [-0.4, -0.2) is 24.5 Å². The van der Waals surface area contributed by atoms with Crippen molar-refractivity contribution >= 4 is 11.9 Å². The zero-order chi connectivity index (χ0) is 20.4. The molecule has 0 heterocycles. The average Bonchev–Trinajstić information content (AvgIpc) is 2.63.